The summed E-state index contributed by atoms with van der Waals surface area (Å²) in [6.45, 7) is 0.342. The molecule has 0 aliphatic carbocycles. The van der Waals surface area contributed by atoms with Gasteiger partial charge in [0.2, 0.25) is 13.3 Å². The van der Waals surface area contributed by atoms with Crippen molar-refractivity contribution in [2.24, 2.45) is 0 Å². The molecular formula is C15H20NO5P. The summed E-state index contributed by atoms with van der Waals surface area (Å²) in [5, 5.41) is 9.06. The SMILES string of the molecule is O=C(O)[C@@H]1CCCN1C(=O)CP(=O)(O)CCc1ccccc1. The molecular weight excluding hydrogens is 305 g/mol. The van der Waals surface area contributed by atoms with Gasteiger partial charge in [0.15, 0.2) is 0 Å². The molecule has 0 radical (unpaired) electrons. The largest absolute Gasteiger partial charge is 0.480 e. The van der Waals surface area contributed by atoms with Gasteiger partial charge in [-0.15, -0.1) is 0 Å². The molecule has 1 aromatic carbocycles. The first-order chi connectivity index (χ1) is 10.4. The van der Waals surface area contributed by atoms with Crippen LogP contribution in [0.3, 0.4) is 0 Å². The maximum atomic E-state index is 12.2. The number of carboxylic acid groups (broad SMARTS) is 1. The number of nitrogens with zero attached hydrogens (tertiary/aromatic N) is 1. The van der Waals surface area contributed by atoms with Gasteiger partial charge in [0, 0.05) is 12.7 Å². The van der Waals surface area contributed by atoms with Gasteiger partial charge in [-0.3, -0.25) is 9.36 Å². The number of likely N-dealkylation sites (tertiary alicyclic amines) is 1. The minimum absolute atomic E-state index is 0.0222. The molecule has 1 saturated heterocycles. The van der Waals surface area contributed by atoms with Gasteiger partial charge in [-0.05, 0) is 24.8 Å². The first-order valence-corrected chi connectivity index (χ1v) is 9.29. The van der Waals surface area contributed by atoms with Crippen molar-refractivity contribution in [3.8, 4) is 0 Å². The molecule has 120 valence electrons. The van der Waals surface area contributed by atoms with E-state index >= 15 is 0 Å². The lowest BCUT2D eigenvalue weighted by molar-refractivity contribution is -0.147. The van der Waals surface area contributed by atoms with Gasteiger partial charge >= 0.3 is 5.97 Å². The van der Waals surface area contributed by atoms with Crippen LogP contribution in [0.25, 0.3) is 0 Å². The summed E-state index contributed by atoms with van der Waals surface area (Å²) in [5.74, 6) is -1.59. The number of carbonyl (C=O) groups is 2. The van der Waals surface area contributed by atoms with E-state index in [2.05, 4.69) is 0 Å². The van der Waals surface area contributed by atoms with E-state index in [1.807, 2.05) is 30.3 Å². The number of hydrogen-bond donors (Lipinski definition) is 2. The predicted molar refractivity (Wildman–Crippen MR) is 82.1 cm³/mol. The average molecular weight is 325 g/mol. The summed E-state index contributed by atoms with van der Waals surface area (Å²) in [6.07, 6.45) is 0.978. The van der Waals surface area contributed by atoms with Crippen molar-refractivity contribution in [1.29, 1.82) is 0 Å². The van der Waals surface area contributed by atoms with E-state index in [1.54, 1.807) is 0 Å². The smallest absolute Gasteiger partial charge is 0.326 e. The van der Waals surface area contributed by atoms with Gasteiger partial charge in [-0.1, -0.05) is 30.3 Å². The number of carboxylic acids is 1. The van der Waals surface area contributed by atoms with E-state index < -0.39 is 31.4 Å². The molecule has 6 nitrogen and oxygen atoms in total. The Balaban J connectivity index is 1.92. The molecule has 1 fully saturated rings. The summed E-state index contributed by atoms with van der Waals surface area (Å²) in [7, 11) is -3.61. The Hall–Kier alpha value is -1.65. The van der Waals surface area contributed by atoms with E-state index in [4.69, 9.17) is 5.11 Å². The molecule has 1 heterocycles. The summed E-state index contributed by atoms with van der Waals surface area (Å²) >= 11 is 0. The second-order valence-electron chi connectivity index (χ2n) is 5.55. The Morgan fingerprint density at radius 3 is 2.59 bits per heavy atom. The van der Waals surface area contributed by atoms with Crippen LogP contribution in [-0.2, 0) is 20.6 Å². The van der Waals surface area contributed by atoms with Crippen LogP contribution in [0.5, 0.6) is 0 Å². The highest BCUT2D eigenvalue weighted by atomic mass is 31.2. The van der Waals surface area contributed by atoms with Crippen LogP contribution in [0.1, 0.15) is 18.4 Å². The van der Waals surface area contributed by atoms with Gasteiger partial charge in [-0.2, -0.15) is 0 Å². The number of hydrogen-bond acceptors (Lipinski definition) is 3. The fraction of sp³-hybridized carbons (Fsp3) is 0.467. The Bertz CT molecular complexity index is 589. The molecule has 1 unspecified atom stereocenters. The molecule has 1 amide bonds. The summed E-state index contributed by atoms with van der Waals surface area (Å²) < 4.78 is 12.2. The van der Waals surface area contributed by atoms with Gasteiger partial charge in [-0.25, -0.2) is 4.79 Å². The number of aliphatic carboxylic acids is 1. The fourth-order valence-corrected chi connectivity index (χ4v) is 4.02. The minimum Gasteiger partial charge on any atom is -0.480 e. The third kappa shape index (κ3) is 4.42. The van der Waals surface area contributed by atoms with Crippen molar-refractivity contribution in [2.75, 3.05) is 18.9 Å². The van der Waals surface area contributed by atoms with Crippen molar-refractivity contribution in [3.63, 3.8) is 0 Å². The molecule has 1 aliphatic heterocycles. The summed E-state index contributed by atoms with van der Waals surface area (Å²) in [5.41, 5.74) is 0.939. The first-order valence-electron chi connectivity index (χ1n) is 7.26. The van der Waals surface area contributed by atoms with Crippen molar-refractivity contribution >= 4 is 19.2 Å². The van der Waals surface area contributed by atoms with E-state index in [-0.39, 0.29) is 6.16 Å². The zero-order valence-electron chi connectivity index (χ0n) is 12.2. The summed E-state index contributed by atoms with van der Waals surface area (Å²) in [4.78, 5) is 34.4. The van der Waals surface area contributed by atoms with Gasteiger partial charge in [0.05, 0.1) is 0 Å². The van der Waals surface area contributed by atoms with Crippen LogP contribution in [0.2, 0.25) is 0 Å². The summed E-state index contributed by atoms with van der Waals surface area (Å²) in [6, 6.07) is 8.44. The van der Waals surface area contributed by atoms with Gasteiger partial charge in [0.1, 0.15) is 12.2 Å². The molecule has 0 saturated carbocycles. The highest BCUT2D eigenvalue weighted by Crippen LogP contribution is 2.41. The van der Waals surface area contributed by atoms with Crippen molar-refractivity contribution < 1.29 is 24.2 Å². The van der Waals surface area contributed by atoms with E-state index in [0.29, 0.717) is 25.8 Å². The lowest BCUT2D eigenvalue weighted by Crippen LogP contribution is -2.41. The number of carbonyl (C=O) groups excluding carboxylic acids is 1. The van der Waals surface area contributed by atoms with Crippen LogP contribution < -0.4 is 0 Å². The molecule has 2 atom stereocenters. The minimum atomic E-state index is -3.61. The fourth-order valence-electron chi connectivity index (χ4n) is 2.65. The van der Waals surface area contributed by atoms with Crippen LogP contribution >= 0.6 is 7.37 Å². The molecule has 2 N–H and O–H groups in total. The van der Waals surface area contributed by atoms with E-state index in [1.165, 1.54) is 4.90 Å². The van der Waals surface area contributed by atoms with Crippen LogP contribution in [-0.4, -0.2) is 51.7 Å². The Labute approximate surface area is 129 Å². The van der Waals surface area contributed by atoms with Crippen molar-refractivity contribution in [1.82, 2.24) is 4.90 Å². The quantitative estimate of drug-likeness (QED) is 0.774. The van der Waals surface area contributed by atoms with Gasteiger partial charge in [0.25, 0.3) is 0 Å². The van der Waals surface area contributed by atoms with Crippen LogP contribution in [0, 0.1) is 0 Å². The number of aryl methyl sites for hydroxylation is 1. The van der Waals surface area contributed by atoms with Gasteiger partial charge < -0.3 is 14.9 Å². The van der Waals surface area contributed by atoms with E-state index in [0.717, 1.165) is 5.56 Å². The maximum absolute atomic E-state index is 12.2. The standard InChI is InChI=1S/C15H20NO5P/c17-14(16-9-4-7-13(16)15(18)19)11-22(20,21)10-8-12-5-2-1-3-6-12/h1-3,5-6,13H,4,7-11H2,(H,18,19)(H,20,21)/t13-/m0/s1. The van der Waals surface area contributed by atoms with Crippen LogP contribution in [0.4, 0.5) is 0 Å². The van der Waals surface area contributed by atoms with Crippen LogP contribution in [0.15, 0.2) is 30.3 Å². The zero-order chi connectivity index (χ0) is 16.2. The molecule has 0 spiro atoms. The third-order valence-corrected chi connectivity index (χ3v) is 5.52. The zero-order valence-corrected chi connectivity index (χ0v) is 13.1. The molecule has 22 heavy (non-hydrogen) atoms. The Kier molecular flexibility index (Phi) is 5.37. The highest BCUT2D eigenvalue weighted by Gasteiger charge is 2.36. The lowest BCUT2D eigenvalue weighted by atomic mass is 10.2. The normalized spacial score (nSPS) is 20.6. The molecule has 0 aromatic heterocycles. The average Bonchev–Trinajstić information content (AvgIpc) is 2.96. The third-order valence-electron chi connectivity index (χ3n) is 3.83. The Morgan fingerprint density at radius 2 is 1.95 bits per heavy atom. The van der Waals surface area contributed by atoms with Crippen molar-refractivity contribution in [2.45, 2.75) is 25.3 Å². The number of amides is 1. The number of rotatable bonds is 6. The van der Waals surface area contributed by atoms with Crippen molar-refractivity contribution in [3.05, 3.63) is 35.9 Å². The second-order valence-corrected chi connectivity index (χ2v) is 8.00. The molecule has 1 aliphatic rings. The highest BCUT2D eigenvalue weighted by molar-refractivity contribution is 7.58. The topological polar surface area (TPSA) is 94.9 Å². The molecule has 0 bridgehead atoms. The monoisotopic (exact) mass is 325 g/mol. The maximum Gasteiger partial charge on any atom is 0.326 e. The molecule has 1 aromatic rings. The van der Waals surface area contributed by atoms with E-state index in [9.17, 15) is 19.0 Å². The molecule has 2 rings (SSSR count). The number of benzene rings is 1. The second kappa shape index (κ2) is 7.07. The first kappa shape index (κ1) is 16.7. The Morgan fingerprint density at radius 1 is 1.27 bits per heavy atom. The predicted octanol–water partition coefficient (Wildman–Crippen LogP) is 1.58. The lowest BCUT2D eigenvalue weighted by Gasteiger charge is -2.22. The molecule has 7 heteroatoms.